The van der Waals surface area contributed by atoms with E-state index in [1.807, 2.05) is 24.3 Å². The largest absolute Gasteiger partial charge is 0.396 e. The van der Waals surface area contributed by atoms with Crippen LogP contribution in [0.5, 0.6) is 0 Å². The lowest BCUT2D eigenvalue weighted by atomic mass is 10.2. The van der Waals surface area contributed by atoms with Crippen LogP contribution in [0.25, 0.3) is 0 Å². The normalized spacial score (nSPS) is 10.5. The summed E-state index contributed by atoms with van der Waals surface area (Å²) in [5.74, 6) is 0. The Kier molecular flexibility index (Phi) is 4.69. The molecule has 0 unspecified atom stereocenters. The first-order valence-electron chi connectivity index (χ1n) is 4.55. The van der Waals surface area contributed by atoms with Crippen LogP contribution >= 0.6 is 0 Å². The molecule has 0 saturated heterocycles. The fourth-order valence-electron chi connectivity index (χ4n) is 0.846. The van der Waals surface area contributed by atoms with Crippen molar-refractivity contribution in [2.45, 2.75) is 19.8 Å². The van der Waals surface area contributed by atoms with Gasteiger partial charge in [-0.15, -0.1) is 0 Å². The van der Waals surface area contributed by atoms with Crippen molar-refractivity contribution in [2.75, 3.05) is 6.61 Å². The van der Waals surface area contributed by atoms with Crippen molar-refractivity contribution in [3.8, 4) is 0 Å². The maximum absolute atomic E-state index is 5.04. The van der Waals surface area contributed by atoms with Crippen LogP contribution < -0.4 is 0 Å². The second-order valence-electron chi connectivity index (χ2n) is 2.75. The highest BCUT2D eigenvalue weighted by atomic mass is 16.6. The van der Waals surface area contributed by atoms with Crippen LogP contribution in [-0.2, 0) is 4.84 Å². The molecule has 1 rings (SSSR count). The van der Waals surface area contributed by atoms with Gasteiger partial charge in [0.2, 0.25) is 0 Å². The lowest BCUT2D eigenvalue weighted by Crippen LogP contribution is -1.87. The fraction of sp³-hybridized carbons (Fsp3) is 0.364. The standard InChI is InChI=1S/C11H14NO/c1-2-3-9-13-12-10-11-7-5-4-6-8-11/h5-8,10H,2-3,9H2,1H3. The van der Waals surface area contributed by atoms with Crippen LogP contribution in [-0.4, -0.2) is 12.8 Å². The molecule has 0 bridgehead atoms. The number of hydrogen-bond donors (Lipinski definition) is 0. The molecule has 0 aliphatic carbocycles. The minimum Gasteiger partial charge on any atom is -0.396 e. The average Bonchev–Trinajstić information content (AvgIpc) is 2.19. The van der Waals surface area contributed by atoms with E-state index >= 15 is 0 Å². The fourth-order valence-corrected chi connectivity index (χ4v) is 0.846. The molecule has 0 spiro atoms. The minimum absolute atomic E-state index is 0.700. The third kappa shape index (κ3) is 4.31. The average molecular weight is 176 g/mol. The number of hydrogen-bond acceptors (Lipinski definition) is 2. The van der Waals surface area contributed by atoms with Gasteiger partial charge in [-0.1, -0.05) is 42.8 Å². The first-order chi connectivity index (χ1) is 6.43. The van der Waals surface area contributed by atoms with Crippen LogP contribution in [0.15, 0.2) is 29.4 Å². The Morgan fingerprint density at radius 1 is 1.46 bits per heavy atom. The lowest BCUT2D eigenvalue weighted by molar-refractivity contribution is 0.143. The molecule has 0 atom stereocenters. The van der Waals surface area contributed by atoms with Gasteiger partial charge in [0, 0.05) is 0 Å². The van der Waals surface area contributed by atoms with Crippen molar-refractivity contribution in [3.05, 3.63) is 35.9 Å². The van der Waals surface area contributed by atoms with Crippen LogP contribution in [0.1, 0.15) is 25.3 Å². The summed E-state index contributed by atoms with van der Waals surface area (Å²) in [6.07, 6.45) is 3.90. The molecule has 0 fully saturated rings. The van der Waals surface area contributed by atoms with Crippen LogP contribution in [0.4, 0.5) is 0 Å². The van der Waals surface area contributed by atoms with Gasteiger partial charge >= 0.3 is 0 Å². The topological polar surface area (TPSA) is 21.6 Å². The van der Waals surface area contributed by atoms with E-state index in [0.29, 0.717) is 6.61 Å². The van der Waals surface area contributed by atoms with Gasteiger partial charge in [0.05, 0.1) is 6.21 Å². The summed E-state index contributed by atoms with van der Waals surface area (Å²) in [6.45, 7) is 2.83. The first kappa shape index (κ1) is 9.78. The molecule has 0 heterocycles. The number of unbranched alkanes of at least 4 members (excludes halogenated alkanes) is 1. The Morgan fingerprint density at radius 3 is 2.92 bits per heavy atom. The molecule has 2 heteroatoms. The summed E-state index contributed by atoms with van der Waals surface area (Å²) in [7, 11) is 0. The molecule has 0 aliphatic rings. The Morgan fingerprint density at radius 2 is 2.23 bits per heavy atom. The predicted molar refractivity (Wildman–Crippen MR) is 53.7 cm³/mol. The molecule has 0 aromatic heterocycles. The number of rotatable bonds is 5. The van der Waals surface area contributed by atoms with Crippen molar-refractivity contribution >= 4 is 6.21 Å². The van der Waals surface area contributed by atoms with Crippen molar-refractivity contribution < 1.29 is 4.84 Å². The summed E-state index contributed by atoms with van der Waals surface area (Å²) in [4.78, 5) is 5.04. The van der Waals surface area contributed by atoms with Gasteiger partial charge in [0.25, 0.3) is 0 Å². The van der Waals surface area contributed by atoms with Crippen molar-refractivity contribution in [2.24, 2.45) is 5.16 Å². The van der Waals surface area contributed by atoms with Crippen molar-refractivity contribution in [1.29, 1.82) is 0 Å². The molecule has 0 N–H and O–H groups in total. The van der Waals surface area contributed by atoms with E-state index in [0.717, 1.165) is 18.4 Å². The summed E-state index contributed by atoms with van der Waals surface area (Å²) in [5, 5.41) is 3.84. The number of nitrogens with zero attached hydrogens (tertiary/aromatic N) is 1. The number of oxime groups is 1. The molecule has 1 aromatic carbocycles. The maximum Gasteiger partial charge on any atom is 0.117 e. The molecule has 0 saturated carbocycles. The Bertz CT molecular complexity index is 244. The zero-order valence-electron chi connectivity index (χ0n) is 7.86. The zero-order chi connectivity index (χ0) is 9.36. The van der Waals surface area contributed by atoms with Crippen LogP contribution in [0.3, 0.4) is 0 Å². The molecule has 0 amide bonds. The van der Waals surface area contributed by atoms with E-state index in [2.05, 4.69) is 18.1 Å². The SMILES string of the molecule is CCCCON=Cc1cc[c]cc1. The molecule has 69 valence electrons. The van der Waals surface area contributed by atoms with Gasteiger partial charge < -0.3 is 4.84 Å². The van der Waals surface area contributed by atoms with Gasteiger partial charge in [-0.2, -0.15) is 0 Å². The molecule has 1 aromatic rings. The Hall–Kier alpha value is -1.31. The molecule has 13 heavy (non-hydrogen) atoms. The highest BCUT2D eigenvalue weighted by Gasteiger charge is 1.84. The van der Waals surface area contributed by atoms with Gasteiger partial charge in [-0.25, -0.2) is 0 Å². The Labute approximate surface area is 79.2 Å². The van der Waals surface area contributed by atoms with E-state index in [9.17, 15) is 0 Å². The monoisotopic (exact) mass is 176 g/mol. The Balaban J connectivity index is 2.25. The third-order valence-corrected chi connectivity index (χ3v) is 1.61. The minimum atomic E-state index is 0.700. The summed E-state index contributed by atoms with van der Waals surface area (Å²) in [5.41, 5.74) is 1.04. The predicted octanol–water partition coefficient (Wildman–Crippen LogP) is 2.64. The second-order valence-corrected chi connectivity index (χ2v) is 2.75. The van der Waals surface area contributed by atoms with Crippen molar-refractivity contribution in [1.82, 2.24) is 0 Å². The van der Waals surface area contributed by atoms with E-state index in [-0.39, 0.29) is 0 Å². The molecule has 1 radical (unpaired) electrons. The highest BCUT2D eigenvalue weighted by molar-refractivity contribution is 5.78. The third-order valence-electron chi connectivity index (χ3n) is 1.61. The van der Waals surface area contributed by atoms with Gasteiger partial charge in [0.15, 0.2) is 0 Å². The number of benzene rings is 1. The van der Waals surface area contributed by atoms with Gasteiger partial charge in [-0.3, -0.25) is 0 Å². The van der Waals surface area contributed by atoms with Crippen molar-refractivity contribution in [3.63, 3.8) is 0 Å². The molecule has 0 aliphatic heterocycles. The molecular formula is C11H14NO. The highest BCUT2D eigenvalue weighted by Crippen LogP contribution is 1.94. The molecular weight excluding hydrogens is 162 g/mol. The first-order valence-corrected chi connectivity index (χ1v) is 4.55. The summed E-state index contributed by atoms with van der Waals surface area (Å²) >= 11 is 0. The summed E-state index contributed by atoms with van der Waals surface area (Å²) in [6, 6.07) is 10.5. The summed E-state index contributed by atoms with van der Waals surface area (Å²) < 4.78 is 0. The lowest BCUT2D eigenvalue weighted by Gasteiger charge is -1.95. The van der Waals surface area contributed by atoms with E-state index in [4.69, 9.17) is 4.84 Å². The second kappa shape index (κ2) is 6.23. The smallest absolute Gasteiger partial charge is 0.117 e. The zero-order valence-corrected chi connectivity index (χ0v) is 7.86. The van der Waals surface area contributed by atoms with Gasteiger partial charge in [0.1, 0.15) is 6.61 Å². The molecule has 2 nitrogen and oxygen atoms in total. The van der Waals surface area contributed by atoms with E-state index in [1.54, 1.807) is 6.21 Å². The van der Waals surface area contributed by atoms with Crippen LogP contribution in [0, 0.1) is 6.07 Å². The quantitative estimate of drug-likeness (QED) is 0.384. The van der Waals surface area contributed by atoms with Crippen LogP contribution in [0.2, 0.25) is 0 Å². The maximum atomic E-state index is 5.04. The van der Waals surface area contributed by atoms with E-state index < -0.39 is 0 Å². The van der Waals surface area contributed by atoms with Gasteiger partial charge in [-0.05, 0) is 18.1 Å². The van der Waals surface area contributed by atoms with E-state index in [1.165, 1.54) is 0 Å².